The number of para-hydroxylation sites is 1. The van der Waals surface area contributed by atoms with E-state index >= 15 is 0 Å². The third-order valence-electron chi connectivity index (χ3n) is 6.05. The number of carbonyl (C=O) groups excluding carboxylic acids is 2. The van der Waals surface area contributed by atoms with Crippen LogP contribution in [-0.4, -0.2) is 23.3 Å². The van der Waals surface area contributed by atoms with Crippen LogP contribution < -0.4 is 9.80 Å². The predicted molar refractivity (Wildman–Crippen MR) is 126 cm³/mol. The SMILES string of the molecule is Cc1cc(C)cc(N2C(=O)C(c3ccc([N+](=O)[O-])cc3)=C(N3CCc4ccccc43)C2=O)c1. The molecule has 2 aliphatic heterocycles. The van der Waals surface area contributed by atoms with Crippen LogP contribution in [0.5, 0.6) is 0 Å². The average Bonchev–Trinajstić information content (AvgIpc) is 3.31. The third kappa shape index (κ3) is 3.38. The van der Waals surface area contributed by atoms with Crippen LogP contribution in [0, 0.1) is 24.0 Å². The average molecular weight is 439 g/mol. The molecule has 0 atom stereocenters. The van der Waals surface area contributed by atoms with Gasteiger partial charge in [-0.15, -0.1) is 0 Å². The van der Waals surface area contributed by atoms with Gasteiger partial charge >= 0.3 is 0 Å². The molecule has 33 heavy (non-hydrogen) atoms. The molecule has 0 aliphatic carbocycles. The Hall–Kier alpha value is -4.26. The molecule has 0 saturated carbocycles. The summed E-state index contributed by atoms with van der Waals surface area (Å²) >= 11 is 0. The van der Waals surface area contributed by atoms with Gasteiger partial charge in [0.2, 0.25) is 0 Å². The summed E-state index contributed by atoms with van der Waals surface area (Å²) in [6.07, 6.45) is 0.762. The summed E-state index contributed by atoms with van der Waals surface area (Å²) in [6.45, 7) is 4.42. The van der Waals surface area contributed by atoms with E-state index in [9.17, 15) is 19.7 Å². The molecule has 0 unspecified atom stereocenters. The van der Waals surface area contributed by atoms with Crippen LogP contribution in [0.4, 0.5) is 17.1 Å². The number of aryl methyl sites for hydroxylation is 2. The third-order valence-corrected chi connectivity index (χ3v) is 6.05. The van der Waals surface area contributed by atoms with Crippen LogP contribution in [0.1, 0.15) is 22.3 Å². The number of anilines is 2. The maximum absolute atomic E-state index is 13.8. The zero-order valence-corrected chi connectivity index (χ0v) is 18.2. The van der Waals surface area contributed by atoms with E-state index in [1.165, 1.54) is 29.2 Å². The molecule has 5 rings (SSSR count). The van der Waals surface area contributed by atoms with E-state index in [4.69, 9.17) is 0 Å². The van der Waals surface area contributed by atoms with Crippen molar-refractivity contribution in [2.24, 2.45) is 0 Å². The fourth-order valence-corrected chi connectivity index (χ4v) is 4.66. The summed E-state index contributed by atoms with van der Waals surface area (Å²) in [6, 6.07) is 19.2. The number of hydrogen-bond acceptors (Lipinski definition) is 5. The Bertz CT molecular complexity index is 1340. The fraction of sp³-hybridized carbons (Fsp3) is 0.154. The number of non-ortho nitro benzene ring substituents is 1. The number of nitro groups is 1. The van der Waals surface area contributed by atoms with Crippen LogP contribution in [0.2, 0.25) is 0 Å². The topological polar surface area (TPSA) is 83.8 Å². The van der Waals surface area contributed by atoms with Gasteiger partial charge in [-0.1, -0.05) is 24.3 Å². The number of nitro benzene ring substituents is 1. The van der Waals surface area contributed by atoms with Crippen molar-refractivity contribution in [1.82, 2.24) is 0 Å². The number of nitrogens with zero attached hydrogens (tertiary/aromatic N) is 3. The second-order valence-electron chi connectivity index (χ2n) is 8.35. The van der Waals surface area contributed by atoms with E-state index in [0.29, 0.717) is 23.5 Å². The highest BCUT2D eigenvalue weighted by Crippen LogP contribution is 2.40. The van der Waals surface area contributed by atoms with Crippen molar-refractivity contribution < 1.29 is 14.5 Å². The first-order valence-corrected chi connectivity index (χ1v) is 10.7. The molecule has 2 aliphatic rings. The molecule has 2 amide bonds. The van der Waals surface area contributed by atoms with Gasteiger partial charge in [0.25, 0.3) is 17.5 Å². The molecule has 0 saturated heterocycles. The molecule has 3 aromatic carbocycles. The molecule has 0 fully saturated rings. The molecule has 7 heteroatoms. The quantitative estimate of drug-likeness (QED) is 0.338. The van der Waals surface area contributed by atoms with Crippen molar-refractivity contribution in [3.05, 3.63) is 105 Å². The molecule has 0 N–H and O–H groups in total. The molecule has 0 bridgehead atoms. The smallest absolute Gasteiger partial charge is 0.282 e. The maximum atomic E-state index is 13.8. The predicted octanol–water partition coefficient (Wildman–Crippen LogP) is 4.56. The van der Waals surface area contributed by atoms with Gasteiger partial charge in [0, 0.05) is 24.4 Å². The van der Waals surface area contributed by atoms with Gasteiger partial charge in [-0.05, 0) is 72.9 Å². The van der Waals surface area contributed by atoms with Gasteiger partial charge in [0.1, 0.15) is 5.70 Å². The van der Waals surface area contributed by atoms with E-state index in [1.54, 1.807) is 0 Å². The molecular weight excluding hydrogens is 418 g/mol. The lowest BCUT2D eigenvalue weighted by atomic mass is 10.0. The molecule has 3 aromatic rings. The summed E-state index contributed by atoms with van der Waals surface area (Å²) in [7, 11) is 0. The number of amides is 2. The Kier molecular flexibility index (Phi) is 4.82. The van der Waals surface area contributed by atoms with E-state index < -0.39 is 16.7 Å². The van der Waals surface area contributed by atoms with Crippen LogP contribution in [0.25, 0.3) is 5.57 Å². The summed E-state index contributed by atoms with van der Waals surface area (Å²) in [5.74, 6) is -0.826. The Morgan fingerprint density at radius 2 is 1.55 bits per heavy atom. The first-order chi connectivity index (χ1) is 15.8. The lowest BCUT2D eigenvalue weighted by Gasteiger charge is -2.22. The van der Waals surface area contributed by atoms with Gasteiger partial charge in [-0.3, -0.25) is 19.7 Å². The Morgan fingerprint density at radius 1 is 0.879 bits per heavy atom. The van der Waals surface area contributed by atoms with Crippen molar-refractivity contribution >= 4 is 34.4 Å². The number of fused-ring (bicyclic) bond motifs is 1. The van der Waals surface area contributed by atoms with Gasteiger partial charge in [0.05, 0.1) is 16.2 Å². The number of hydrogen-bond donors (Lipinski definition) is 0. The van der Waals surface area contributed by atoms with Gasteiger partial charge < -0.3 is 4.90 Å². The van der Waals surface area contributed by atoms with Crippen LogP contribution in [-0.2, 0) is 16.0 Å². The lowest BCUT2D eigenvalue weighted by Crippen LogP contribution is -2.35. The second kappa shape index (κ2) is 7.70. The highest BCUT2D eigenvalue weighted by Gasteiger charge is 2.44. The Balaban J connectivity index is 1.68. The van der Waals surface area contributed by atoms with Crippen molar-refractivity contribution in [3.63, 3.8) is 0 Å². The minimum atomic E-state index is -0.487. The van der Waals surface area contributed by atoms with E-state index in [-0.39, 0.29) is 11.3 Å². The lowest BCUT2D eigenvalue weighted by molar-refractivity contribution is -0.384. The molecule has 0 radical (unpaired) electrons. The number of benzene rings is 3. The van der Waals surface area contributed by atoms with Crippen molar-refractivity contribution in [1.29, 1.82) is 0 Å². The maximum Gasteiger partial charge on any atom is 0.282 e. The fourth-order valence-electron chi connectivity index (χ4n) is 4.66. The first kappa shape index (κ1) is 20.6. The summed E-state index contributed by atoms with van der Waals surface area (Å²) < 4.78 is 0. The molecule has 0 aromatic heterocycles. The minimum Gasteiger partial charge on any atom is -0.336 e. The number of imide groups is 1. The zero-order valence-electron chi connectivity index (χ0n) is 18.2. The Labute approximate surface area is 190 Å². The Morgan fingerprint density at radius 3 is 2.21 bits per heavy atom. The standard InChI is InChI=1S/C26H21N3O4/c1-16-13-17(2)15-21(14-16)28-25(30)23(19-7-9-20(10-8-19)29(32)33)24(26(28)31)27-12-11-18-5-3-4-6-22(18)27/h3-10,13-15H,11-12H2,1-2H3. The normalized spacial score (nSPS) is 15.5. The highest BCUT2D eigenvalue weighted by atomic mass is 16.6. The van der Waals surface area contributed by atoms with Crippen molar-refractivity contribution in [3.8, 4) is 0 Å². The molecule has 0 spiro atoms. The molecule has 164 valence electrons. The van der Waals surface area contributed by atoms with Crippen LogP contribution in [0.15, 0.2) is 72.4 Å². The summed E-state index contributed by atoms with van der Waals surface area (Å²) in [5, 5.41) is 11.1. The molecule has 7 nitrogen and oxygen atoms in total. The van der Waals surface area contributed by atoms with E-state index in [1.807, 2.05) is 61.2 Å². The van der Waals surface area contributed by atoms with Crippen LogP contribution >= 0.6 is 0 Å². The summed E-state index contributed by atoms with van der Waals surface area (Å²) in [4.78, 5) is 41.3. The van der Waals surface area contributed by atoms with Gasteiger partial charge in [0.15, 0.2) is 0 Å². The van der Waals surface area contributed by atoms with E-state index in [0.717, 1.165) is 28.8 Å². The highest BCUT2D eigenvalue weighted by molar-refractivity contribution is 6.46. The van der Waals surface area contributed by atoms with E-state index in [2.05, 4.69) is 0 Å². The molecule has 2 heterocycles. The second-order valence-corrected chi connectivity index (χ2v) is 8.35. The number of rotatable bonds is 4. The largest absolute Gasteiger partial charge is 0.336 e. The van der Waals surface area contributed by atoms with Crippen molar-refractivity contribution in [2.45, 2.75) is 20.3 Å². The minimum absolute atomic E-state index is 0.0737. The van der Waals surface area contributed by atoms with Gasteiger partial charge in [-0.2, -0.15) is 0 Å². The van der Waals surface area contributed by atoms with Gasteiger partial charge in [-0.25, -0.2) is 4.90 Å². The van der Waals surface area contributed by atoms with Crippen LogP contribution in [0.3, 0.4) is 0 Å². The molecular formula is C26H21N3O4. The first-order valence-electron chi connectivity index (χ1n) is 10.7. The monoisotopic (exact) mass is 439 g/mol. The zero-order chi connectivity index (χ0) is 23.3. The number of carbonyl (C=O) groups is 2. The summed E-state index contributed by atoms with van der Waals surface area (Å²) in [5.41, 5.74) is 5.38. The van der Waals surface area contributed by atoms with Crippen molar-refractivity contribution in [2.75, 3.05) is 16.3 Å².